The molecule has 0 aliphatic heterocycles. The first kappa shape index (κ1) is 13.0. The standard InChI is InChI=1S/C12H13N3O4/c16-15(17)10-1-3-11(4-2-10)18-8-7-13-9-12-5-6-14-19-12/h1-6,13H,7-9H2. The Kier molecular flexibility index (Phi) is 4.46. The van der Waals surface area contributed by atoms with Crippen LogP contribution < -0.4 is 10.1 Å². The lowest BCUT2D eigenvalue weighted by Gasteiger charge is -2.06. The average molecular weight is 263 g/mol. The van der Waals surface area contributed by atoms with E-state index in [1.807, 2.05) is 0 Å². The van der Waals surface area contributed by atoms with Gasteiger partial charge < -0.3 is 14.6 Å². The number of benzene rings is 1. The highest BCUT2D eigenvalue weighted by Gasteiger charge is 2.04. The van der Waals surface area contributed by atoms with Crippen molar-refractivity contribution in [3.63, 3.8) is 0 Å². The molecule has 2 aromatic rings. The van der Waals surface area contributed by atoms with Crippen LogP contribution in [0.2, 0.25) is 0 Å². The maximum absolute atomic E-state index is 10.5. The smallest absolute Gasteiger partial charge is 0.269 e. The monoisotopic (exact) mass is 263 g/mol. The van der Waals surface area contributed by atoms with E-state index in [1.54, 1.807) is 24.4 Å². The zero-order chi connectivity index (χ0) is 13.5. The van der Waals surface area contributed by atoms with Gasteiger partial charge in [0.15, 0.2) is 0 Å². The Morgan fingerprint density at radius 3 is 2.74 bits per heavy atom. The molecule has 1 heterocycles. The summed E-state index contributed by atoms with van der Waals surface area (Å²) in [5.41, 5.74) is 0.0517. The van der Waals surface area contributed by atoms with Crippen LogP contribution in [0.4, 0.5) is 5.69 Å². The Labute approximate surface area is 109 Å². The number of aromatic nitrogens is 1. The molecule has 0 saturated carbocycles. The maximum Gasteiger partial charge on any atom is 0.269 e. The zero-order valence-corrected chi connectivity index (χ0v) is 10.1. The molecule has 0 spiro atoms. The van der Waals surface area contributed by atoms with Gasteiger partial charge in [-0.3, -0.25) is 10.1 Å². The van der Waals surface area contributed by atoms with Crippen LogP contribution in [0.15, 0.2) is 41.1 Å². The fraction of sp³-hybridized carbons (Fsp3) is 0.250. The van der Waals surface area contributed by atoms with Crippen molar-refractivity contribution in [1.82, 2.24) is 10.5 Å². The van der Waals surface area contributed by atoms with E-state index in [4.69, 9.17) is 9.26 Å². The number of hydrogen-bond acceptors (Lipinski definition) is 6. The van der Waals surface area contributed by atoms with E-state index in [0.29, 0.717) is 25.4 Å². The Hall–Kier alpha value is -2.41. The molecule has 100 valence electrons. The number of non-ortho nitro benzene ring substituents is 1. The molecule has 1 aromatic carbocycles. The third-order valence-corrected chi connectivity index (χ3v) is 2.39. The minimum Gasteiger partial charge on any atom is -0.492 e. The number of nitrogens with zero attached hydrogens (tertiary/aromatic N) is 2. The van der Waals surface area contributed by atoms with Gasteiger partial charge in [0.2, 0.25) is 0 Å². The molecule has 0 fully saturated rings. The van der Waals surface area contributed by atoms with Crippen LogP contribution in [-0.4, -0.2) is 23.2 Å². The van der Waals surface area contributed by atoms with E-state index >= 15 is 0 Å². The van der Waals surface area contributed by atoms with Gasteiger partial charge in [-0.2, -0.15) is 0 Å². The molecule has 7 heteroatoms. The lowest BCUT2D eigenvalue weighted by atomic mass is 10.3. The molecule has 0 radical (unpaired) electrons. The van der Waals surface area contributed by atoms with Crippen LogP contribution in [0.5, 0.6) is 5.75 Å². The topological polar surface area (TPSA) is 90.4 Å². The highest BCUT2D eigenvalue weighted by Crippen LogP contribution is 2.16. The number of nitro groups is 1. The average Bonchev–Trinajstić information content (AvgIpc) is 2.92. The molecule has 0 saturated heterocycles. The molecule has 2 rings (SSSR count). The Morgan fingerprint density at radius 2 is 2.11 bits per heavy atom. The predicted octanol–water partition coefficient (Wildman–Crippen LogP) is 1.75. The number of nitrogens with one attached hydrogen (secondary N) is 1. The van der Waals surface area contributed by atoms with Crippen molar-refractivity contribution in [1.29, 1.82) is 0 Å². The van der Waals surface area contributed by atoms with Crippen molar-refractivity contribution in [2.24, 2.45) is 0 Å². The van der Waals surface area contributed by atoms with Gasteiger partial charge in [0, 0.05) is 24.7 Å². The van der Waals surface area contributed by atoms with Gasteiger partial charge in [-0.05, 0) is 12.1 Å². The summed E-state index contributed by atoms with van der Waals surface area (Å²) in [5.74, 6) is 1.36. The molecule has 0 unspecified atom stereocenters. The second kappa shape index (κ2) is 6.50. The molecular formula is C12H13N3O4. The molecule has 0 amide bonds. The summed E-state index contributed by atoms with van der Waals surface area (Å²) in [4.78, 5) is 10.0. The van der Waals surface area contributed by atoms with Crippen LogP contribution in [0.25, 0.3) is 0 Å². The van der Waals surface area contributed by atoms with Gasteiger partial charge in [-0.25, -0.2) is 0 Å². The van der Waals surface area contributed by atoms with Crippen LogP contribution in [0.1, 0.15) is 5.76 Å². The molecule has 0 aliphatic rings. The van der Waals surface area contributed by atoms with Crippen molar-refractivity contribution in [3.8, 4) is 5.75 Å². The molecule has 1 N–H and O–H groups in total. The third-order valence-electron chi connectivity index (χ3n) is 2.39. The minimum atomic E-state index is -0.442. The maximum atomic E-state index is 10.5. The molecule has 0 aliphatic carbocycles. The van der Waals surface area contributed by atoms with Gasteiger partial charge in [0.25, 0.3) is 5.69 Å². The minimum absolute atomic E-state index is 0.0517. The van der Waals surface area contributed by atoms with E-state index in [1.165, 1.54) is 12.1 Å². The molecule has 1 aromatic heterocycles. The second-order valence-corrected chi connectivity index (χ2v) is 3.75. The summed E-state index contributed by atoms with van der Waals surface area (Å²) < 4.78 is 10.3. The Bertz CT molecular complexity index is 510. The molecule has 7 nitrogen and oxygen atoms in total. The van der Waals surface area contributed by atoms with Crippen molar-refractivity contribution in [2.45, 2.75) is 6.54 Å². The summed E-state index contributed by atoms with van der Waals surface area (Å²) in [7, 11) is 0. The van der Waals surface area contributed by atoms with Crippen LogP contribution in [0.3, 0.4) is 0 Å². The number of rotatable bonds is 7. The van der Waals surface area contributed by atoms with Crippen molar-refractivity contribution in [2.75, 3.05) is 13.2 Å². The number of ether oxygens (including phenoxy) is 1. The van der Waals surface area contributed by atoms with Gasteiger partial charge in [-0.1, -0.05) is 5.16 Å². The Morgan fingerprint density at radius 1 is 1.32 bits per heavy atom. The first-order valence-electron chi connectivity index (χ1n) is 5.73. The highest BCUT2D eigenvalue weighted by molar-refractivity contribution is 5.35. The van der Waals surface area contributed by atoms with Crippen molar-refractivity contribution >= 4 is 5.69 Å². The van der Waals surface area contributed by atoms with Gasteiger partial charge in [0.05, 0.1) is 17.7 Å². The largest absolute Gasteiger partial charge is 0.492 e. The summed E-state index contributed by atoms with van der Waals surface area (Å²) in [6, 6.07) is 7.77. The highest BCUT2D eigenvalue weighted by atomic mass is 16.6. The normalized spacial score (nSPS) is 10.3. The fourth-order valence-corrected chi connectivity index (χ4v) is 1.45. The summed E-state index contributed by atoms with van der Waals surface area (Å²) >= 11 is 0. The van der Waals surface area contributed by atoms with Crippen LogP contribution in [-0.2, 0) is 6.54 Å². The van der Waals surface area contributed by atoms with Crippen LogP contribution >= 0.6 is 0 Å². The van der Waals surface area contributed by atoms with E-state index in [0.717, 1.165) is 5.76 Å². The first-order valence-corrected chi connectivity index (χ1v) is 5.73. The fourth-order valence-electron chi connectivity index (χ4n) is 1.45. The van der Waals surface area contributed by atoms with Crippen LogP contribution in [0, 0.1) is 10.1 Å². The Balaban J connectivity index is 1.66. The van der Waals surface area contributed by atoms with Crippen molar-refractivity contribution < 1.29 is 14.2 Å². The van der Waals surface area contributed by atoms with E-state index < -0.39 is 4.92 Å². The molecule has 0 atom stereocenters. The van der Waals surface area contributed by atoms with Gasteiger partial charge in [-0.15, -0.1) is 0 Å². The predicted molar refractivity (Wildman–Crippen MR) is 66.8 cm³/mol. The second-order valence-electron chi connectivity index (χ2n) is 3.75. The zero-order valence-electron chi connectivity index (χ0n) is 10.1. The van der Waals surface area contributed by atoms with E-state index in [2.05, 4.69) is 10.5 Å². The summed E-state index contributed by atoms with van der Waals surface area (Å²) in [6.45, 7) is 1.69. The lowest BCUT2D eigenvalue weighted by molar-refractivity contribution is -0.384. The van der Waals surface area contributed by atoms with Gasteiger partial charge in [0.1, 0.15) is 18.1 Å². The molecule has 19 heavy (non-hydrogen) atoms. The SMILES string of the molecule is O=[N+]([O-])c1ccc(OCCNCc2ccno2)cc1. The summed E-state index contributed by atoms with van der Waals surface area (Å²) in [6.07, 6.45) is 1.59. The van der Waals surface area contributed by atoms with Gasteiger partial charge >= 0.3 is 0 Å². The molecular weight excluding hydrogens is 250 g/mol. The van der Waals surface area contributed by atoms with E-state index in [9.17, 15) is 10.1 Å². The van der Waals surface area contributed by atoms with Crippen molar-refractivity contribution in [3.05, 3.63) is 52.4 Å². The quantitative estimate of drug-likeness (QED) is 0.465. The first-order chi connectivity index (χ1) is 9.25. The summed E-state index contributed by atoms with van der Waals surface area (Å²) in [5, 5.41) is 17.2. The van der Waals surface area contributed by atoms with E-state index in [-0.39, 0.29) is 5.69 Å². The third kappa shape index (κ3) is 4.07. The lowest BCUT2D eigenvalue weighted by Crippen LogP contribution is -2.20. The molecule has 0 bridgehead atoms. The number of hydrogen-bond donors (Lipinski definition) is 1. The number of nitro benzene ring substituents is 1.